The Morgan fingerprint density at radius 1 is 1.25 bits per heavy atom. The zero-order valence-corrected chi connectivity index (χ0v) is 15.9. The third kappa shape index (κ3) is 4.48. The van der Waals surface area contributed by atoms with Crippen LogP contribution in [0, 0.1) is 0 Å². The van der Waals surface area contributed by atoms with Crippen molar-refractivity contribution in [3.05, 3.63) is 77.2 Å². The second-order valence-electron chi connectivity index (χ2n) is 5.64. The third-order valence-corrected chi connectivity index (χ3v) is 4.16. The molecule has 1 aromatic carbocycles. The smallest absolute Gasteiger partial charge is 0.286 e. The average Bonchev–Trinajstić information content (AvgIpc) is 3.02. The number of rotatable bonds is 7. The predicted molar refractivity (Wildman–Crippen MR) is 109 cm³/mol. The second-order valence-corrected chi connectivity index (χ2v) is 6.08. The number of aromatic nitrogens is 2. The average molecular weight is 407 g/mol. The van der Waals surface area contributed by atoms with Crippen molar-refractivity contribution in [2.45, 2.75) is 12.6 Å². The van der Waals surface area contributed by atoms with Gasteiger partial charge in [0.15, 0.2) is 5.69 Å². The van der Waals surface area contributed by atoms with Gasteiger partial charge in [0.2, 0.25) is 0 Å². The van der Waals surface area contributed by atoms with Gasteiger partial charge in [0.25, 0.3) is 0 Å². The maximum Gasteiger partial charge on any atom is 0.433 e. The molecule has 0 spiro atoms. The second kappa shape index (κ2) is 8.84. The number of nitrogens with zero attached hydrogens (tertiary/aromatic N) is 4. The summed E-state index contributed by atoms with van der Waals surface area (Å²) < 4.78 is 42.9. The van der Waals surface area contributed by atoms with E-state index in [0.29, 0.717) is 10.6 Å². The normalized spacial score (nSPS) is 12.8. The van der Waals surface area contributed by atoms with Crippen molar-refractivity contribution < 1.29 is 13.2 Å². The molecule has 0 atom stereocenters. The zero-order valence-electron chi connectivity index (χ0n) is 15.2. The van der Waals surface area contributed by atoms with E-state index < -0.39 is 11.9 Å². The van der Waals surface area contributed by atoms with Gasteiger partial charge < -0.3 is 0 Å². The lowest BCUT2D eigenvalue weighted by molar-refractivity contribution is -0.143. The van der Waals surface area contributed by atoms with Gasteiger partial charge in [0.1, 0.15) is 5.70 Å². The molecule has 8 heteroatoms. The van der Waals surface area contributed by atoms with E-state index in [0.717, 1.165) is 10.9 Å². The largest absolute Gasteiger partial charge is 0.433 e. The van der Waals surface area contributed by atoms with Crippen LogP contribution in [-0.4, -0.2) is 29.3 Å². The number of benzene rings is 1. The highest BCUT2D eigenvalue weighted by molar-refractivity contribution is 6.30. The molecule has 0 N–H and O–H groups in total. The first-order chi connectivity index (χ1) is 13.3. The van der Waals surface area contributed by atoms with Crippen molar-refractivity contribution in [2.24, 2.45) is 9.98 Å². The van der Waals surface area contributed by atoms with Crippen LogP contribution in [0.15, 0.2) is 59.7 Å². The first-order valence-corrected chi connectivity index (χ1v) is 8.46. The lowest BCUT2D eigenvalue weighted by Crippen LogP contribution is -2.19. The Kier molecular flexibility index (Phi) is 6.75. The van der Waals surface area contributed by atoms with Crippen molar-refractivity contribution in [3.63, 3.8) is 0 Å². The van der Waals surface area contributed by atoms with E-state index in [9.17, 15) is 13.2 Å². The van der Waals surface area contributed by atoms with Crippen LogP contribution in [0.5, 0.6) is 0 Å². The van der Waals surface area contributed by atoms with E-state index in [2.05, 4.69) is 35.0 Å². The van der Waals surface area contributed by atoms with Crippen LogP contribution in [-0.2, 0) is 12.6 Å². The highest BCUT2D eigenvalue weighted by atomic mass is 35.5. The number of alkyl halides is 3. The Balaban J connectivity index is 2.77. The molecule has 0 amide bonds. The molecule has 2 aromatic rings. The van der Waals surface area contributed by atoms with E-state index in [1.807, 2.05) is 0 Å². The maximum atomic E-state index is 14.0. The highest BCUT2D eigenvalue weighted by Crippen LogP contribution is 2.37. The van der Waals surface area contributed by atoms with Gasteiger partial charge >= 0.3 is 6.18 Å². The number of hydrogen-bond acceptors (Lipinski definition) is 3. The van der Waals surface area contributed by atoms with Crippen LogP contribution < -0.4 is 0 Å². The molecule has 146 valence electrons. The summed E-state index contributed by atoms with van der Waals surface area (Å²) in [6.45, 7) is 10.5. The number of allylic oxidation sites excluding steroid dienone is 2. The summed E-state index contributed by atoms with van der Waals surface area (Å²) in [5, 5.41) is 4.61. The molecule has 28 heavy (non-hydrogen) atoms. The molecule has 0 saturated carbocycles. The Bertz CT molecular complexity index is 951. The van der Waals surface area contributed by atoms with Gasteiger partial charge in [-0.2, -0.15) is 18.3 Å². The van der Waals surface area contributed by atoms with Crippen LogP contribution in [0.1, 0.15) is 22.5 Å². The molecule has 1 heterocycles. The van der Waals surface area contributed by atoms with Gasteiger partial charge in [-0.25, -0.2) is 4.68 Å². The Labute approximate surface area is 166 Å². The lowest BCUT2D eigenvalue weighted by Gasteiger charge is -2.15. The molecule has 0 bridgehead atoms. The first-order valence-electron chi connectivity index (χ1n) is 8.08. The molecule has 0 aliphatic heterocycles. The molecule has 1 aromatic heterocycles. The molecule has 0 aliphatic carbocycles. The molecular weight excluding hydrogens is 389 g/mol. The highest BCUT2D eigenvalue weighted by Gasteiger charge is 2.40. The quantitative estimate of drug-likeness (QED) is 0.556. The summed E-state index contributed by atoms with van der Waals surface area (Å²) in [5.41, 5.74) is 0.00340. The zero-order chi connectivity index (χ0) is 20.9. The Hall–Kier alpha value is -2.93. The molecule has 4 nitrogen and oxygen atoms in total. The van der Waals surface area contributed by atoms with Crippen LogP contribution >= 0.6 is 11.6 Å². The Morgan fingerprint density at radius 2 is 1.89 bits per heavy atom. The van der Waals surface area contributed by atoms with Gasteiger partial charge in [-0.05, 0) is 36.6 Å². The van der Waals surface area contributed by atoms with Crippen LogP contribution in [0.25, 0.3) is 11.8 Å². The number of halogens is 4. The van der Waals surface area contributed by atoms with Gasteiger partial charge in [-0.1, -0.05) is 36.9 Å². The molecule has 0 radical (unpaired) electrons. The molecular formula is C20H18ClF3N4. The van der Waals surface area contributed by atoms with Crippen LogP contribution in [0.2, 0.25) is 5.02 Å². The maximum absolute atomic E-state index is 14.0. The van der Waals surface area contributed by atoms with Crippen molar-refractivity contribution in [2.75, 3.05) is 7.05 Å². The van der Waals surface area contributed by atoms with Gasteiger partial charge in [-0.3, -0.25) is 9.98 Å². The SMILES string of the molecule is C=CC(=NC)/C(=C\N=C)n1nc(C=C)c(Cc2ccc(Cl)cc2)c1C(F)(F)F. The summed E-state index contributed by atoms with van der Waals surface area (Å²) in [6.07, 6.45) is -0.922. The summed E-state index contributed by atoms with van der Waals surface area (Å²) >= 11 is 5.87. The van der Waals surface area contributed by atoms with E-state index in [-0.39, 0.29) is 29.1 Å². The fourth-order valence-corrected chi connectivity index (χ4v) is 2.83. The summed E-state index contributed by atoms with van der Waals surface area (Å²) in [5.74, 6) is 0. The topological polar surface area (TPSA) is 42.5 Å². The van der Waals surface area contributed by atoms with Crippen molar-refractivity contribution in [3.8, 4) is 0 Å². The van der Waals surface area contributed by atoms with Crippen LogP contribution in [0.4, 0.5) is 13.2 Å². The lowest BCUT2D eigenvalue weighted by atomic mass is 10.0. The van der Waals surface area contributed by atoms with Gasteiger partial charge in [0, 0.05) is 24.1 Å². The van der Waals surface area contributed by atoms with Crippen LogP contribution in [0.3, 0.4) is 0 Å². The van der Waals surface area contributed by atoms with Gasteiger partial charge in [0.05, 0.1) is 17.6 Å². The third-order valence-electron chi connectivity index (χ3n) is 3.91. The summed E-state index contributed by atoms with van der Waals surface area (Å²) in [6, 6.07) is 6.57. The predicted octanol–water partition coefficient (Wildman–Crippen LogP) is 5.54. The summed E-state index contributed by atoms with van der Waals surface area (Å²) in [7, 11) is 1.44. The monoisotopic (exact) mass is 406 g/mol. The standard InChI is InChI=1S/C20H18ClF3N4/c1-5-16-15(11-13-7-9-14(21)10-8-13)19(20(22,23)24)28(27-16)18(12-25-3)17(6-2)26-4/h5-10,12H,1-3,11H2,4H3/b18-12+,26-17?. The molecule has 0 fully saturated rings. The minimum Gasteiger partial charge on any atom is -0.286 e. The minimum atomic E-state index is -4.68. The molecule has 0 unspecified atom stereocenters. The number of hydrogen-bond donors (Lipinski definition) is 0. The van der Waals surface area contributed by atoms with Crippen molar-refractivity contribution >= 4 is 35.8 Å². The van der Waals surface area contributed by atoms with Gasteiger partial charge in [-0.15, -0.1) is 0 Å². The first kappa shape index (κ1) is 21.4. The van der Waals surface area contributed by atoms with Crippen molar-refractivity contribution in [1.82, 2.24) is 9.78 Å². The fourth-order valence-electron chi connectivity index (χ4n) is 2.70. The Morgan fingerprint density at radius 3 is 2.36 bits per heavy atom. The number of aliphatic imine (C=N–C) groups is 2. The summed E-state index contributed by atoms with van der Waals surface area (Å²) in [4.78, 5) is 7.56. The van der Waals surface area contributed by atoms with Crippen molar-refractivity contribution in [1.29, 1.82) is 0 Å². The minimum absolute atomic E-state index is 0.00489. The van der Waals surface area contributed by atoms with E-state index in [1.165, 1.54) is 19.2 Å². The fraction of sp³-hybridized carbons (Fsp3) is 0.150. The molecule has 0 saturated heterocycles. The van der Waals surface area contributed by atoms with E-state index in [1.54, 1.807) is 24.3 Å². The molecule has 0 aliphatic rings. The van der Waals surface area contributed by atoms with E-state index >= 15 is 0 Å². The van der Waals surface area contributed by atoms with E-state index in [4.69, 9.17) is 11.6 Å². The molecule has 2 rings (SSSR count).